The molecular weight excluding hydrogens is 379 g/mol. The van der Waals surface area contributed by atoms with Crippen molar-refractivity contribution in [2.24, 2.45) is 0 Å². The van der Waals surface area contributed by atoms with Crippen LogP contribution >= 0.6 is 11.6 Å². The van der Waals surface area contributed by atoms with E-state index in [9.17, 15) is 22.0 Å². The Labute approximate surface area is 150 Å². The molecule has 0 N–H and O–H groups in total. The van der Waals surface area contributed by atoms with Crippen LogP contribution in [0.3, 0.4) is 0 Å². The third-order valence-corrected chi connectivity index (χ3v) is 3.88. The molecule has 0 aliphatic carbocycles. The van der Waals surface area contributed by atoms with Gasteiger partial charge in [0.25, 0.3) is 0 Å². The van der Waals surface area contributed by atoms with Gasteiger partial charge in [-0.2, -0.15) is 13.2 Å². The highest BCUT2D eigenvalue weighted by Crippen LogP contribution is 2.41. The molecule has 1 unspecified atom stereocenters. The average Bonchev–Trinajstić information content (AvgIpc) is 2.57. The summed E-state index contributed by atoms with van der Waals surface area (Å²) in [4.78, 5) is 0. The lowest BCUT2D eigenvalue weighted by molar-refractivity contribution is -0.180. The van der Waals surface area contributed by atoms with Gasteiger partial charge in [-0.25, -0.2) is 8.78 Å². The van der Waals surface area contributed by atoms with Gasteiger partial charge in [-0.1, -0.05) is 30.3 Å². The van der Waals surface area contributed by atoms with Gasteiger partial charge in [-0.05, 0) is 18.2 Å². The Bertz CT molecular complexity index is 905. The van der Waals surface area contributed by atoms with Crippen LogP contribution in [0.1, 0.15) is 11.1 Å². The van der Waals surface area contributed by atoms with E-state index < -0.39 is 29.7 Å². The Hall–Kier alpha value is -2.54. The molecule has 1 heterocycles. The van der Waals surface area contributed by atoms with Gasteiger partial charge in [0.1, 0.15) is 17.3 Å². The van der Waals surface area contributed by atoms with Crippen molar-refractivity contribution >= 4 is 23.8 Å². The Balaban J connectivity index is 1.95. The van der Waals surface area contributed by atoms with E-state index >= 15 is 0 Å². The molecule has 1 aliphatic rings. The minimum Gasteiger partial charge on any atom is -0.476 e. The molecule has 0 fully saturated rings. The molecular formula is C18H10ClF5O2. The highest BCUT2D eigenvalue weighted by Gasteiger charge is 2.41. The standard InChI is InChI=1S/C18H10ClF5O2/c1-2-9-6-13(21)16(7-12(9)20)25-15-8-14-10(5-11(15)19)3-4-17(26-14)18(22,23)24/h2-8,17H,1H2. The second-order valence-corrected chi connectivity index (χ2v) is 5.78. The Morgan fingerprint density at radius 3 is 2.46 bits per heavy atom. The van der Waals surface area contributed by atoms with Crippen LogP contribution in [0.5, 0.6) is 17.2 Å². The third-order valence-electron chi connectivity index (χ3n) is 3.58. The van der Waals surface area contributed by atoms with Crippen LogP contribution in [0.25, 0.3) is 12.2 Å². The first-order valence-corrected chi connectivity index (χ1v) is 7.61. The molecule has 8 heteroatoms. The predicted molar refractivity (Wildman–Crippen MR) is 87.5 cm³/mol. The SMILES string of the molecule is C=Cc1cc(F)c(Oc2cc3c(cc2Cl)C=CC(C(F)(F)F)O3)cc1F. The number of ether oxygens (including phenoxy) is 2. The zero-order chi connectivity index (χ0) is 19.1. The molecule has 2 aromatic carbocycles. The van der Waals surface area contributed by atoms with Crippen LogP contribution < -0.4 is 9.47 Å². The highest BCUT2D eigenvalue weighted by molar-refractivity contribution is 6.32. The number of hydrogen-bond acceptors (Lipinski definition) is 2. The Morgan fingerprint density at radius 1 is 1.08 bits per heavy atom. The number of hydrogen-bond donors (Lipinski definition) is 0. The number of benzene rings is 2. The lowest BCUT2D eigenvalue weighted by Crippen LogP contribution is -2.33. The summed E-state index contributed by atoms with van der Waals surface area (Å²) in [5, 5.41) is -0.00457. The number of rotatable bonds is 3. The fourth-order valence-electron chi connectivity index (χ4n) is 2.30. The molecule has 2 nitrogen and oxygen atoms in total. The van der Waals surface area contributed by atoms with Crippen molar-refractivity contribution in [3.05, 3.63) is 64.7 Å². The maximum absolute atomic E-state index is 14.0. The monoisotopic (exact) mass is 388 g/mol. The normalized spacial score (nSPS) is 16.0. The van der Waals surface area contributed by atoms with Gasteiger partial charge in [0.15, 0.2) is 11.6 Å². The maximum atomic E-state index is 14.0. The van der Waals surface area contributed by atoms with Crippen LogP contribution in [-0.4, -0.2) is 12.3 Å². The zero-order valence-corrected chi connectivity index (χ0v) is 13.7. The summed E-state index contributed by atoms with van der Waals surface area (Å²) >= 11 is 6.02. The van der Waals surface area contributed by atoms with E-state index in [4.69, 9.17) is 21.1 Å². The van der Waals surface area contributed by atoms with E-state index in [1.54, 1.807) is 0 Å². The summed E-state index contributed by atoms with van der Waals surface area (Å²) in [6, 6.07) is 4.07. The van der Waals surface area contributed by atoms with Crippen LogP contribution in [0, 0.1) is 11.6 Å². The smallest absolute Gasteiger partial charge is 0.429 e. The molecule has 136 valence electrons. The van der Waals surface area contributed by atoms with E-state index in [0.29, 0.717) is 5.56 Å². The van der Waals surface area contributed by atoms with Gasteiger partial charge in [0.05, 0.1) is 5.02 Å². The summed E-state index contributed by atoms with van der Waals surface area (Å²) < 4.78 is 76.3. The maximum Gasteiger partial charge on any atom is 0.429 e. The Morgan fingerprint density at radius 2 is 1.81 bits per heavy atom. The van der Waals surface area contributed by atoms with Crippen molar-refractivity contribution in [1.82, 2.24) is 0 Å². The van der Waals surface area contributed by atoms with Crippen molar-refractivity contribution in [3.63, 3.8) is 0 Å². The summed E-state index contributed by atoms with van der Waals surface area (Å²) in [5.41, 5.74) is 0.240. The lowest BCUT2D eigenvalue weighted by atomic mass is 10.1. The summed E-state index contributed by atoms with van der Waals surface area (Å²) in [5.74, 6) is -2.45. The Kier molecular flexibility index (Phi) is 4.66. The van der Waals surface area contributed by atoms with Gasteiger partial charge in [-0.15, -0.1) is 0 Å². The molecule has 3 rings (SSSR count). The van der Waals surface area contributed by atoms with Gasteiger partial charge in [0.2, 0.25) is 6.10 Å². The van der Waals surface area contributed by atoms with Crippen LogP contribution in [0.4, 0.5) is 22.0 Å². The molecule has 0 aromatic heterocycles. The average molecular weight is 389 g/mol. The molecule has 0 saturated heterocycles. The first-order valence-electron chi connectivity index (χ1n) is 7.23. The van der Waals surface area contributed by atoms with Crippen molar-refractivity contribution in [1.29, 1.82) is 0 Å². The zero-order valence-electron chi connectivity index (χ0n) is 12.9. The minimum atomic E-state index is -4.59. The quantitative estimate of drug-likeness (QED) is 0.567. The third kappa shape index (κ3) is 3.53. The fourth-order valence-corrected chi connectivity index (χ4v) is 2.51. The fraction of sp³-hybridized carbons (Fsp3) is 0.111. The van der Waals surface area contributed by atoms with Crippen LogP contribution in [0.15, 0.2) is 36.9 Å². The number of halogens is 6. The van der Waals surface area contributed by atoms with E-state index in [0.717, 1.165) is 30.4 Å². The molecule has 1 aliphatic heterocycles. The van der Waals surface area contributed by atoms with Crippen molar-refractivity contribution < 1.29 is 31.4 Å². The van der Waals surface area contributed by atoms with E-state index in [2.05, 4.69) is 6.58 Å². The minimum absolute atomic E-state index is 0.00457. The van der Waals surface area contributed by atoms with Gasteiger partial charge in [0, 0.05) is 23.3 Å². The van der Waals surface area contributed by atoms with Gasteiger partial charge < -0.3 is 9.47 Å². The van der Waals surface area contributed by atoms with Crippen LogP contribution in [-0.2, 0) is 0 Å². The first-order chi connectivity index (χ1) is 12.2. The van der Waals surface area contributed by atoms with Gasteiger partial charge >= 0.3 is 6.18 Å². The topological polar surface area (TPSA) is 18.5 Å². The summed E-state index contributed by atoms with van der Waals surface area (Å²) in [6.07, 6.45) is -3.52. The van der Waals surface area contributed by atoms with Crippen LogP contribution in [0.2, 0.25) is 5.02 Å². The first kappa shape index (κ1) is 18.3. The predicted octanol–water partition coefficient (Wildman–Crippen LogP) is 6.39. The van der Waals surface area contributed by atoms with Gasteiger partial charge in [-0.3, -0.25) is 0 Å². The van der Waals surface area contributed by atoms with Crippen molar-refractivity contribution in [2.45, 2.75) is 12.3 Å². The van der Waals surface area contributed by atoms with E-state index in [1.807, 2.05) is 0 Å². The molecule has 0 amide bonds. The molecule has 1 atom stereocenters. The van der Waals surface area contributed by atoms with Crippen molar-refractivity contribution in [2.75, 3.05) is 0 Å². The molecule has 26 heavy (non-hydrogen) atoms. The highest BCUT2D eigenvalue weighted by atomic mass is 35.5. The lowest BCUT2D eigenvalue weighted by Gasteiger charge is -2.24. The second-order valence-electron chi connectivity index (χ2n) is 5.37. The summed E-state index contributed by atoms with van der Waals surface area (Å²) in [6.45, 7) is 3.35. The van der Waals surface area contributed by atoms with E-state index in [1.165, 1.54) is 12.1 Å². The summed E-state index contributed by atoms with van der Waals surface area (Å²) in [7, 11) is 0. The molecule has 0 radical (unpaired) electrons. The number of fused-ring (bicyclic) bond motifs is 1. The largest absolute Gasteiger partial charge is 0.476 e. The molecule has 0 bridgehead atoms. The second kappa shape index (κ2) is 6.64. The van der Waals surface area contributed by atoms with Crippen molar-refractivity contribution in [3.8, 4) is 17.2 Å². The number of alkyl halides is 3. The molecule has 0 saturated carbocycles. The molecule has 0 spiro atoms. The molecule has 2 aromatic rings. The van der Waals surface area contributed by atoms with E-state index in [-0.39, 0.29) is 22.1 Å².